The zero-order valence-electron chi connectivity index (χ0n) is 14.2. The molecule has 0 heterocycles. The monoisotopic (exact) mass is 348 g/mol. The molecule has 0 aromatic carbocycles. The number of ketones is 1. The average molecular weight is 348 g/mol. The third-order valence-electron chi connectivity index (χ3n) is 5.23. The first-order valence-corrected chi connectivity index (χ1v) is 8.14. The van der Waals surface area contributed by atoms with Crippen molar-refractivity contribution in [3.8, 4) is 0 Å². The van der Waals surface area contributed by atoms with E-state index in [9.17, 15) is 22.8 Å². The van der Waals surface area contributed by atoms with Crippen LogP contribution in [0.1, 0.15) is 52.4 Å². The van der Waals surface area contributed by atoms with Gasteiger partial charge in [-0.05, 0) is 51.5 Å². The van der Waals surface area contributed by atoms with Gasteiger partial charge in [0, 0.05) is 18.9 Å². The molecule has 2 rings (SSSR count). The third kappa shape index (κ3) is 3.50. The van der Waals surface area contributed by atoms with Crippen molar-refractivity contribution in [3.63, 3.8) is 0 Å². The maximum Gasteiger partial charge on any atom is 0.425 e. The number of alkyl halides is 3. The summed E-state index contributed by atoms with van der Waals surface area (Å²) in [5.41, 5.74) is 1.06. The Bertz CT molecular complexity index is 553. The number of hydrogen-bond donors (Lipinski definition) is 0. The van der Waals surface area contributed by atoms with Gasteiger partial charge in [-0.15, -0.1) is 0 Å². The van der Waals surface area contributed by atoms with Crippen LogP contribution < -0.4 is 0 Å². The van der Waals surface area contributed by atoms with Crippen molar-refractivity contribution in [1.82, 2.24) is 0 Å². The third-order valence-corrected chi connectivity index (χ3v) is 5.23. The van der Waals surface area contributed by atoms with E-state index in [-0.39, 0.29) is 5.78 Å². The van der Waals surface area contributed by atoms with Gasteiger partial charge in [0.15, 0.2) is 0 Å². The molecule has 1 saturated carbocycles. The highest BCUT2D eigenvalue weighted by atomic mass is 19.4. The number of carbonyl (C=O) groups is 2. The maximum absolute atomic E-state index is 12.8. The van der Waals surface area contributed by atoms with Crippen molar-refractivity contribution >= 4 is 11.8 Å². The summed E-state index contributed by atoms with van der Waals surface area (Å²) < 4.78 is 47.7. The summed E-state index contributed by atoms with van der Waals surface area (Å²) in [5.74, 6) is -1.26. The Morgan fingerprint density at radius 3 is 2.50 bits per heavy atom. The lowest BCUT2D eigenvalue weighted by Gasteiger charge is -2.39. The van der Waals surface area contributed by atoms with Crippen LogP contribution in [0, 0.1) is 5.41 Å². The highest BCUT2D eigenvalue weighted by molar-refractivity contribution is 5.88. The molecule has 3 atom stereocenters. The largest absolute Gasteiger partial charge is 0.456 e. The van der Waals surface area contributed by atoms with Gasteiger partial charge in [0.05, 0.1) is 0 Å². The van der Waals surface area contributed by atoms with Gasteiger partial charge >= 0.3 is 12.1 Å². The van der Waals surface area contributed by atoms with Crippen LogP contribution in [-0.2, 0) is 19.1 Å². The Balaban J connectivity index is 2.23. The van der Waals surface area contributed by atoms with E-state index in [1.165, 1.54) is 0 Å². The fraction of sp³-hybridized carbons (Fsp3) is 0.765. The van der Waals surface area contributed by atoms with Crippen molar-refractivity contribution in [3.05, 3.63) is 11.1 Å². The van der Waals surface area contributed by atoms with E-state index in [0.717, 1.165) is 31.9 Å². The predicted octanol–water partition coefficient (Wildman–Crippen LogP) is 3.74. The Morgan fingerprint density at radius 2 is 1.92 bits per heavy atom. The number of methoxy groups -OCH3 is 1. The van der Waals surface area contributed by atoms with Crippen molar-refractivity contribution < 1.29 is 32.2 Å². The average Bonchev–Trinajstić information content (AvgIpc) is 2.62. The number of esters is 1. The molecule has 4 nitrogen and oxygen atoms in total. The van der Waals surface area contributed by atoms with Crippen LogP contribution in [0.5, 0.6) is 0 Å². The summed E-state index contributed by atoms with van der Waals surface area (Å²) in [7, 11) is 0.826. The zero-order chi connectivity index (χ0) is 18.1. The second kappa shape index (κ2) is 6.86. The van der Waals surface area contributed by atoms with Gasteiger partial charge in [-0.1, -0.05) is 5.57 Å². The van der Waals surface area contributed by atoms with E-state index in [0.29, 0.717) is 24.8 Å². The minimum absolute atomic E-state index is 0.171. The van der Waals surface area contributed by atoms with Crippen LogP contribution in [0.3, 0.4) is 0 Å². The molecule has 2 aliphatic rings. The first kappa shape index (κ1) is 19.0. The predicted molar refractivity (Wildman–Crippen MR) is 80.2 cm³/mol. The maximum atomic E-state index is 12.8. The molecule has 0 radical (unpaired) electrons. The van der Waals surface area contributed by atoms with Gasteiger partial charge in [0.2, 0.25) is 0 Å². The lowest BCUT2D eigenvalue weighted by Crippen LogP contribution is -2.43. The molecule has 2 aliphatic carbocycles. The normalized spacial score (nSPS) is 29.8. The van der Waals surface area contributed by atoms with Gasteiger partial charge in [-0.2, -0.15) is 13.2 Å². The summed E-state index contributed by atoms with van der Waals surface area (Å²) in [6, 6.07) is 0. The number of fused-ring (bicyclic) bond motifs is 1. The lowest BCUT2D eigenvalue weighted by atomic mass is 9.67. The number of rotatable bonds is 3. The highest BCUT2D eigenvalue weighted by Gasteiger charge is 2.49. The number of hydrogen-bond acceptors (Lipinski definition) is 4. The van der Waals surface area contributed by atoms with E-state index in [1.807, 2.05) is 6.92 Å². The molecule has 7 heteroatoms. The van der Waals surface area contributed by atoms with Gasteiger partial charge in [0.1, 0.15) is 11.9 Å². The van der Waals surface area contributed by atoms with Crippen molar-refractivity contribution in [2.24, 2.45) is 5.41 Å². The van der Waals surface area contributed by atoms with Crippen LogP contribution in [0.25, 0.3) is 0 Å². The van der Waals surface area contributed by atoms with E-state index in [1.54, 1.807) is 6.92 Å². The molecule has 24 heavy (non-hydrogen) atoms. The molecule has 0 unspecified atom stereocenters. The second-order valence-corrected chi connectivity index (χ2v) is 6.75. The molecule has 0 aromatic heterocycles. The topological polar surface area (TPSA) is 52.6 Å². The molecule has 0 N–H and O–H groups in total. The standard InChI is InChI=1S/C17H23F3O4/c1-10-11-6-4-5-7-13(21)16(11,2)9-8-12(10)24-15(22)14(23-3)17(18,19)20/h12,14H,4-9H2,1-3H3/t12-,14-,16-/m1/s1. The lowest BCUT2D eigenvalue weighted by molar-refractivity contribution is -0.226. The van der Waals surface area contributed by atoms with Crippen molar-refractivity contribution in [2.75, 3.05) is 7.11 Å². The van der Waals surface area contributed by atoms with E-state index < -0.39 is 29.8 Å². The number of carbonyl (C=O) groups excluding carboxylic acids is 2. The molecule has 0 saturated heterocycles. The smallest absolute Gasteiger partial charge is 0.425 e. The molecule has 0 amide bonds. The van der Waals surface area contributed by atoms with Gasteiger partial charge in [-0.25, -0.2) is 4.79 Å². The summed E-state index contributed by atoms with van der Waals surface area (Å²) in [6.45, 7) is 3.64. The quantitative estimate of drug-likeness (QED) is 0.576. The molecule has 136 valence electrons. The molecule has 1 fully saturated rings. The van der Waals surface area contributed by atoms with Crippen LogP contribution in [0.4, 0.5) is 13.2 Å². The Hall–Kier alpha value is -1.37. The number of ether oxygens (including phenoxy) is 2. The van der Waals surface area contributed by atoms with E-state index >= 15 is 0 Å². The van der Waals surface area contributed by atoms with Crippen LogP contribution in [-0.4, -0.2) is 37.2 Å². The summed E-state index contributed by atoms with van der Waals surface area (Å²) >= 11 is 0. The number of allylic oxidation sites excluding steroid dienone is 1. The first-order chi connectivity index (χ1) is 11.1. The Kier molecular flexibility index (Phi) is 5.42. The zero-order valence-corrected chi connectivity index (χ0v) is 14.2. The van der Waals surface area contributed by atoms with Crippen LogP contribution >= 0.6 is 0 Å². The fourth-order valence-corrected chi connectivity index (χ4v) is 3.77. The number of halogens is 3. The summed E-state index contributed by atoms with van der Waals surface area (Å²) in [5, 5.41) is 0. The summed E-state index contributed by atoms with van der Waals surface area (Å²) in [6.07, 6.45) is -4.38. The molecule has 0 aromatic rings. The van der Waals surface area contributed by atoms with Crippen LogP contribution in [0.15, 0.2) is 11.1 Å². The molecule has 0 spiro atoms. The van der Waals surface area contributed by atoms with E-state index in [2.05, 4.69) is 4.74 Å². The second-order valence-electron chi connectivity index (χ2n) is 6.75. The van der Waals surface area contributed by atoms with Gasteiger partial charge in [-0.3, -0.25) is 4.79 Å². The molecular formula is C17H23F3O4. The Morgan fingerprint density at radius 1 is 1.29 bits per heavy atom. The Labute approximate surface area is 139 Å². The van der Waals surface area contributed by atoms with Gasteiger partial charge in [0.25, 0.3) is 6.10 Å². The summed E-state index contributed by atoms with van der Waals surface area (Å²) in [4.78, 5) is 24.3. The van der Waals surface area contributed by atoms with Crippen LogP contribution in [0.2, 0.25) is 0 Å². The highest BCUT2D eigenvalue weighted by Crippen LogP contribution is 2.47. The minimum atomic E-state index is -4.81. The van der Waals surface area contributed by atoms with E-state index in [4.69, 9.17) is 4.74 Å². The fourth-order valence-electron chi connectivity index (χ4n) is 3.77. The molecule has 0 aliphatic heterocycles. The van der Waals surface area contributed by atoms with Crippen molar-refractivity contribution in [1.29, 1.82) is 0 Å². The molecule has 0 bridgehead atoms. The first-order valence-electron chi connectivity index (χ1n) is 8.14. The van der Waals surface area contributed by atoms with Gasteiger partial charge < -0.3 is 9.47 Å². The number of Topliss-reactive ketones (excluding diaryl/α,β-unsaturated/α-hetero) is 1. The minimum Gasteiger partial charge on any atom is -0.456 e. The van der Waals surface area contributed by atoms with Crippen molar-refractivity contribution in [2.45, 2.75) is 70.8 Å². The molecular weight excluding hydrogens is 325 g/mol. The SMILES string of the molecule is CO[C@H](C(=O)O[C@@H]1CC[C@@]2(C)C(=O)CCCCC2=C1C)C(F)(F)F.